The average molecular weight is 677 g/mol. The quantitative estimate of drug-likeness (QED) is 0.225. The molecule has 1 fully saturated rings. The van der Waals surface area contributed by atoms with Crippen molar-refractivity contribution in [3.63, 3.8) is 0 Å². The molecule has 48 heavy (non-hydrogen) atoms. The van der Waals surface area contributed by atoms with Gasteiger partial charge in [-0.05, 0) is 95.0 Å². The highest BCUT2D eigenvalue weighted by atomic mass is 32.2. The smallest absolute Gasteiger partial charge is 0.415 e. The summed E-state index contributed by atoms with van der Waals surface area (Å²) in [6.45, 7) is 7.71. The molecule has 1 saturated heterocycles. The maximum absolute atomic E-state index is 13.5. The van der Waals surface area contributed by atoms with E-state index in [1.807, 2.05) is 19.1 Å². The molecule has 2 aliphatic rings. The highest BCUT2D eigenvalue weighted by Gasteiger charge is 2.40. The Morgan fingerprint density at radius 1 is 0.979 bits per heavy atom. The monoisotopic (exact) mass is 676 g/mol. The number of nitrogens with zero attached hydrogens (tertiary/aromatic N) is 1. The molecule has 0 aliphatic carbocycles. The lowest BCUT2D eigenvalue weighted by Gasteiger charge is -2.28. The van der Waals surface area contributed by atoms with Gasteiger partial charge in [0.1, 0.15) is 23.7 Å². The number of benzene rings is 3. The first-order valence-electron chi connectivity index (χ1n) is 15.8. The van der Waals surface area contributed by atoms with Gasteiger partial charge in [0.05, 0.1) is 10.6 Å². The van der Waals surface area contributed by atoms with Gasteiger partial charge in [0.2, 0.25) is 15.9 Å². The minimum atomic E-state index is -4.15. The Labute approximate surface area is 280 Å². The number of anilines is 2. The Hall–Kier alpha value is -4.59. The fourth-order valence-electron chi connectivity index (χ4n) is 5.59. The Bertz CT molecular complexity index is 1780. The molecule has 0 radical (unpaired) electrons. The third-order valence-electron chi connectivity index (χ3n) is 7.99. The number of amides is 2. The molecule has 3 aromatic carbocycles. The minimum absolute atomic E-state index is 0.0396. The Kier molecular flexibility index (Phi) is 10.3. The molecule has 5 rings (SSSR count). The SMILES string of the molecule is Cc1ccc(S(=O)(=O)N[C@H](Cc2ccc(NC(=O)C3Cc4ccccc4N3C(=O)OC(C)(C)C)cc2)C(=O)OC(=O)[C@@H]2CCCN2)cc1. The highest BCUT2D eigenvalue weighted by molar-refractivity contribution is 7.89. The van der Waals surface area contributed by atoms with Crippen LogP contribution in [0.5, 0.6) is 0 Å². The largest absolute Gasteiger partial charge is 0.443 e. The van der Waals surface area contributed by atoms with E-state index in [9.17, 15) is 27.6 Å². The fourth-order valence-corrected chi connectivity index (χ4v) is 6.78. The number of esters is 2. The van der Waals surface area contributed by atoms with Crippen molar-refractivity contribution >= 4 is 45.3 Å². The van der Waals surface area contributed by atoms with Crippen molar-refractivity contribution in [1.29, 1.82) is 0 Å². The van der Waals surface area contributed by atoms with Gasteiger partial charge in [-0.3, -0.25) is 9.69 Å². The molecule has 0 saturated carbocycles. The molecule has 13 heteroatoms. The topological polar surface area (TPSA) is 160 Å². The summed E-state index contributed by atoms with van der Waals surface area (Å²) in [5, 5.41) is 5.82. The van der Waals surface area contributed by atoms with Crippen LogP contribution in [0.15, 0.2) is 77.7 Å². The van der Waals surface area contributed by atoms with Gasteiger partial charge in [-0.25, -0.2) is 22.8 Å². The van der Waals surface area contributed by atoms with E-state index in [0.29, 0.717) is 36.3 Å². The van der Waals surface area contributed by atoms with Gasteiger partial charge < -0.3 is 20.1 Å². The summed E-state index contributed by atoms with van der Waals surface area (Å²) in [7, 11) is -4.15. The minimum Gasteiger partial charge on any atom is -0.443 e. The van der Waals surface area contributed by atoms with Gasteiger partial charge in [-0.2, -0.15) is 4.72 Å². The van der Waals surface area contributed by atoms with E-state index in [-0.39, 0.29) is 11.3 Å². The molecule has 0 aromatic heterocycles. The van der Waals surface area contributed by atoms with Crippen molar-refractivity contribution in [3.8, 4) is 0 Å². The van der Waals surface area contributed by atoms with E-state index in [1.165, 1.54) is 17.0 Å². The Balaban J connectivity index is 1.30. The molecular weight excluding hydrogens is 636 g/mol. The molecule has 3 atom stereocenters. The van der Waals surface area contributed by atoms with Crippen LogP contribution in [-0.2, 0) is 46.7 Å². The maximum atomic E-state index is 13.5. The predicted octanol–water partition coefficient (Wildman–Crippen LogP) is 4.01. The van der Waals surface area contributed by atoms with Gasteiger partial charge in [0, 0.05) is 12.1 Å². The summed E-state index contributed by atoms with van der Waals surface area (Å²) in [5.74, 6) is -2.20. The molecule has 3 N–H and O–H groups in total. The van der Waals surface area contributed by atoms with Crippen molar-refractivity contribution in [2.24, 2.45) is 0 Å². The number of nitrogens with one attached hydrogen (secondary N) is 3. The van der Waals surface area contributed by atoms with Crippen molar-refractivity contribution in [3.05, 3.63) is 89.5 Å². The first-order chi connectivity index (χ1) is 22.7. The number of sulfonamides is 1. The second kappa shape index (κ2) is 14.3. The molecule has 2 heterocycles. The van der Waals surface area contributed by atoms with E-state index in [4.69, 9.17) is 9.47 Å². The van der Waals surface area contributed by atoms with Crippen LogP contribution in [-0.4, -0.2) is 62.6 Å². The van der Waals surface area contributed by atoms with E-state index in [2.05, 4.69) is 15.4 Å². The van der Waals surface area contributed by atoms with Gasteiger partial charge in [0.25, 0.3) is 0 Å². The average Bonchev–Trinajstić information content (AvgIpc) is 3.70. The van der Waals surface area contributed by atoms with Crippen molar-refractivity contribution in [2.45, 2.75) is 82.0 Å². The first-order valence-corrected chi connectivity index (χ1v) is 17.3. The van der Waals surface area contributed by atoms with Crippen LogP contribution < -0.4 is 20.3 Å². The molecule has 2 aliphatic heterocycles. The van der Waals surface area contributed by atoms with Crippen LogP contribution >= 0.6 is 0 Å². The van der Waals surface area contributed by atoms with Gasteiger partial charge >= 0.3 is 18.0 Å². The van der Waals surface area contributed by atoms with E-state index >= 15 is 0 Å². The van der Waals surface area contributed by atoms with Crippen molar-refractivity contribution in [1.82, 2.24) is 10.0 Å². The third kappa shape index (κ3) is 8.46. The number of hydrogen-bond donors (Lipinski definition) is 3. The normalized spacial score (nSPS) is 18.1. The summed E-state index contributed by atoms with van der Waals surface area (Å²) in [5.41, 5.74) is 2.51. The lowest BCUT2D eigenvalue weighted by Crippen LogP contribution is -2.47. The van der Waals surface area contributed by atoms with Crippen LogP contribution in [0.3, 0.4) is 0 Å². The zero-order valence-corrected chi connectivity index (χ0v) is 28.1. The number of hydrogen-bond acceptors (Lipinski definition) is 9. The van der Waals surface area contributed by atoms with Crippen LogP contribution in [0, 0.1) is 6.92 Å². The van der Waals surface area contributed by atoms with Gasteiger partial charge in [-0.1, -0.05) is 48.0 Å². The molecular formula is C35H40N4O8S. The lowest BCUT2D eigenvalue weighted by atomic mass is 10.1. The number of rotatable bonds is 9. The summed E-state index contributed by atoms with van der Waals surface area (Å²) in [6.07, 6.45) is 0.818. The fraction of sp³-hybridized carbons (Fsp3) is 0.371. The highest BCUT2D eigenvalue weighted by Crippen LogP contribution is 2.34. The molecule has 2 amide bonds. The number of carbonyl (C=O) groups excluding carboxylic acids is 4. The maximum Gasteiger partial charge on any atom is 0.415 e. The molecule has 3 aromatic rings. The molecule has 254 valence electrons. The second-order valence-corrected chi connectivity index (χ2v) is 14.7. The summed E-state index contributed by atoms with van der Waals surface area (Å²) in [4.78, 5) is 53.8. The molecule has 1 unspecified atom stereocenters. The van der Waals surface area contributed by atoms with E-state index in [1.54, 1.807) is 69.3 Å². The standard InChI is InChI=1S/C35H40N4O8S/c1-22-11-17-26(18-12-22)48(44,45)38-28(33(42)46-32(41)27-9-7-19-36-27)20-23-13-15-25(16-14-23)37-31(40)30-21-24-8-5-6-10-29(24)39(30)34(43)47-35(2,3)4/h5-6,8,10-18,27-28,30,36,38H,7,9,19-21H2,1-4H3,(H,37,40)/t27-,28+,30?/m0/s1. The second-order valence-electron chi connectivity index (χ2n) is 13.0. The number of carbonyl (C=O) groups is 4. The molecule has 0 spiro atoms. The first kappa shape index (κ1) is 34.7. The van der Waals surface area contributed by atoms with E-state index in [0.717, 1.165) is 17.5 Å². The van der Waals surface area contributed by atoms with Crippen LogP contribution in [0.25, 0.3) is 0 Å². The van der Waals surface area contributed by atoms with Crippen molar-refractivity contribution < 1.29 is 37.1 Å². The van der Waals surface area contributed by atoms with Gasteiger partial charge in [-0.15, -0.1) is 0 Å². The lowest BCUT2D eigenvalue weighted by molar-refractivity contribution is -0.162. The van der Waals surface area contributed by atoms with Gasteiger partial charge in [0.15, 0.2) is 0 Å². The van der Waals surface area contributed by atoms with Crippen LogP contribution in [0.4, 0.5) is 16.2 Å². The Morgan fingerprint density at radius 3 is 2.31 bits per heavy atom. The summed E-state index contributed by atoms with van der Waals surface area (Å²) in [6, 6.07) is 17.0. The predicted molar refractivity (Wildman–Crippen MR) is 179 cm³/mol. The summed E-state index contributed by atoms with van der Waals surface area (Å²) < 4.78 is 39.6. The van der Waals surface area contributed by atoms with Crippen LogP contribution in [0.1, 0.15) is 50.3 Å². The zero-order valence-electron chi connectivity index (χ0n) is 27.3. The summed E-state index contributed by atoms with van der Waals surface area (Å²) >= 11 is 0. The third-order valence-corrected chi connectivity index (χ3v) is 9.48. The van der Waals surface area contributed by atoms with Crippen LogP contribution in [0.2, 0.25) is 0 Å². The molecule has 0 bridgehead atoms. The number of para-hydroxylation sites is 1. The number of aryl methyl sites for hydroxylation is 1. The number of fused-ring (bicyclic) bond motifs is 1. The number of ether oxygens (including phenoxy) is 2. The molecule has 12 nitrogen and oxygen atoms in total. The zero-order chi connectivity index (χ0) is 34.6. The van der Waals surface area contributed by atoms with E-state index < -0.39 is 57.7 Å². The van der Waals surface area contributed by atoms with Crippen molar-refractivity contribution in [2.75, 3.05) is 16.8 Å². The Morgan fingerprint density at radius 2 is 1.67 bits per heavy atom.